The Morgan fingerprint density at radius 1 is 0.700 bits per heavy atom. The second kappa shape index (κ2) is 10.0. The van der Waals surface area contributed by atoms with Gasteiger partial charge in [0.25, 0.3) is 0 Å². The lowest BCUT2D eigenvalue weighted by atomic mass is 9.94. The van der Waals surface area contributed by atoms with Crippen molar-refractivity contribution in [3.05, 3.63) is 11.6 Å². The molecular formula is C18H32N2. The number of hydrazone groups is 1. The van der Waals surface area contributed by atoms with Gasteiger partial charge in [-0.05, 0) is 50.5 Å². The molecule has 2 heteroatoms. The van der Waals surface area contributed by atoms with Gasteiger partial charge in [0.2, 0.25) is 0 Å². The van der Waals surface area contributed by atoms with Crippen molar-refractivity contribution in [3.8, 4) is 0 Å². The highest BCUT2D eigenvalue weighted by atomic mass is 15.3. The van der Waals surface area contributed by atoms with Crippen LogP contribution in [-0.2, 0) is 0 Å². The zero-order valence-electron chi connectivity index (χ0n) is 13.1. The number of nitrogens with one attached hydrogen (secondary N) is 1. The summed E-state index contributed by atoms with van der Waals surface area (Å²) >= 11 is 0. The largest absolute Gasteiger partial charge is 0.310 e. The Hall–Kier alpha value is -0.790. The van der Waals surface area contributed by atoms with E-state index in [0.717, 1.165) is 6.54 Å². The van der Waals surface area contributed by atoms with Gasteiger partial charge in [-0.2, -0.15) is 5.10 Å². The second-order valence-electron chi connectivity index (χ2n) is 6.37. The van der Waals surface area contributed by atoms with Crippen molar-refractivity contribution < 1.29 is 0 Å². The van der Waals surface area contributed by atoms with E-state index in [1.54, 1.807) is 5.57 Å². The highest BCUT2D eigenvalue weighted by molar-refractivity contribution is 5.99. The van der Waals surface area contributed by atoms with Gasteiger partial charge in [0.05, 0.1) is 5.71 Å². The normalized spacial score (nSPS) is 29.2. The van der Waals surface area contributed by atoms with Crippen LogP contribution in [0.3, 0.4) is 0 Å². The van der Waals surface area contributed by atoms with Gasteiger partial charge in [-0.1, -0.05) is 51.0 Å². The fourth-order valence-corrected chi connectivity index (χ4v) is 3.27. The summed E-state index contributed by atoms with van der Waals surface area (Å²) in [6, 6.07) is 0. The molecular weight excluding hydrogens is 244 g/mol. The van der Waals surface area contributed by atoms with Crippen LogP contribution in [0.15, 0.2) is 16.8 Å². The Kier molecular flexibility index (Phi) is 7.81. The van der Waals surface area contributed by atoms with Crippen LogP contribution in [0.4, 0.5) is 0 Å². The fourth-order valence-electron chi connectivity index (χ4n) is 3.27. The molecule has 2 rings (SSSR count). The molecule has 1 N–H and O–H groups in total. The topological polar surface area (TPSA) is 24.4 Å². The fraction of sp³-hybridized carbons (Fsp3) is 0.833. The maximum absolute atomic E-state index is 4.73. The van der Waals surface area contributed by atoms with Crippen LogP contribution in [0.5, 0.6) is 0 Å². The molecule has 1 aliphatic carbocycles. The molecule has 0 saturated carbocycles. The van der Waals surface area contributed by atoms with E-state index in [2.05, 4.69) is 11.5 Å². The lowest BCUT2D eigenvalue weighted by Crippen LogP contribution is -2.15. The Labute approximate surface area is 125 Å². The minimum atomic E-state index is 1.05. The maximum Gasteiger partial charge on any atom is 0.0631 e. The van der Waals surface area contributed by atoms with Crippen LogP contribution in [0.2, 0.25) is 0 Å². The van der Waals surface area contributed by atoms with Crippen LogP contribution >= 0.6 is 0 Å². The molecule has 2 nitrogen and oxygen atoms in total. The summed E-state index contributed by atoms with van der Waals surface area (Å²) in [6.45, 7) is 1.05. The lowest BCUT2D eigenvalue weighted by molar-refractivity contribution is 0.573. The van der Waals surface area contributed by atoms with E-state index < -0.39 is 0 Å². The predicted molar refractivity (Wildman–Crippen MR) is 88.2 cm³/mol. The Morgan fingerprint density at radius 2 is 1.35 bits per heavy atom. The molecule has 0 amide bonds. The first-order valence-electron chi connectivity index (χ1n) is 8.95. The number of hydrogen-bond donors (Lipinski definition) is 1. The van der Waals surface area contributed by atoms with Crippen LogP contribution in [0, 0.1) is 0 Å². The number of allylic oxidation sites excluding steroid dienone is 2. The van der Waals surface area contributed by atoms with Gasteiger partial charge < -0.3 is 5.43 Å². The first-order valence-corrected chi connectivity index (χ1v) is 8.95. The highest BCUT2D eigenvalue weighted by Gasteiger charge is 2.09. The molecule has 0 aromatic heterocycles. The molecule has 114 valence electrons. The van der Waals surface area contributed by atoms with Crippen LogP contribution in [0.25, 0.3) is 0 Å². The van der Waals surface area contributed by atoms with Crippen LogP contribution in [-0.4, -0.2) is 12.3 Å². The first-order chi connectivity index (χ1) is 9.97. The van der Waals surface area contributed by atoms with Crippen molar-refractivity contribution >= 4 is 5.71 Å². The molecule has 0 radical (unpaired) electrons. The van der Waals surface area contributed by atoms with Crippen molar-refractivity contribution in [3.63, 3.8) is 0 Å². The van der Waals surface area contributed by atoms with E-state index in [1.165, 1.54) is 95.6 Å². The van der Waals surface area contributed by atoms with Gasteiger partial charge >= 0.3 is 0 Å². The molecule has 0 unspecified atom stereocenters. The summed E-state index contributed by atoms with van der Waals surface area (Å²) in [7, 11) is 0. The molecule has 0 fully saturated rings. The van der Waals surface area contributed by atoms with E-state index in [1.807, 2.05) is 0 Å². The summed E-state index contributed by atoms with van der Waals surface area (Å²) in [5, 5.41) is 4.73. The molecule has 20 heavy (non-hydrogen) atoms. The van der Waals surface area contributed by atoms with Gasteiger partial charge in [0.15, 0.2) is 0 Å². The van der Waals surface area contributed by atoms with Crippen molar-refractivity contribution in [2.24, 2.45) is 5.10 Å². The molecule has 1 aliphatic heterocycles. The average molecular weight is 276 g/mol. The summed E-state index contributed by atoms with van der Waals surface area (Å²) < 4.78 is 0. The molecule has 0 saturated heterocycles. The summed E-state index contributed by atoms with van der Waals surface area (Å²) in [4.78, 5) is 0. The van der Waals surface area contributed by atoms with Crippen molar-refractivity contribution in [2.75, 3.05) is 6.54 Å². The zero-order valence-corrected chi connectivity index (χ0v) is 13.1. The first kappa shape index (κ1) is 15.6. The minimum Gasteiger partial charge on any atom is -0.310 e. The Bertz CT molecular complexity index is 285. The molecule has 0 atom stereocenters. The zero-order chi connectivity index (χ0) is 13.9. The van der Waals surface area contributed by atoms with Crippen molar-refractivity contribution in [2.45, 2.75) is 89.9 Å². The number of hydrogen-bond acceptors (Lipinski definition) is 2. The van der Waals surface area contributed by atoms with Crippen molar-refractivity contribution in [1.82, 2.24) is 5.43 Å². The molecule has 0 spiro atoms. The van der Waals surface area contributed by atoms with E-state index in [4.69, 9.17) is 5.10 Å². The van der Waals surface area contributed by atoms with E-state index in [9.17, 15) is 0 Å². The highest BCUT2D eigenvalue weighted by Crippen LogP contribution is 2.20. The maximum atomic E-state index is 4.73. The third-order valence-electron chi connectivity index (χ3n) is 4.58. The quantitative estimate of drug-likeness (QED) is 0.686. The smallest absolute Gasteiger partial charge is 0.0631 e. The SMILES string of the molecule is C1=C(/C2=N\NCCCCCCC2)CCCCCCCC/1. The van der Waals surface area contributed by atoms with Crippen LogP contribution in [0.1, 0.15) is 89.9 Å². The molecule has 2 aliphatic rings. The van der Waals surface area contributed by atoms with Gasteiger partial charge in [-0.25, -0.2) is 0 Å². The Balaban J connectivity index is 1.98. The molecule has 0 aromatic rings. The molecule has 1 heterocycles. The van der Waals surface area contributed by atoms with Gasteiger partial charge in [-0.3, -0.25) is 0 Å². The van der Waals surface area contributed by atoms with Crippen LogP contribution < -0.4 is 5.43 Å². The standard InChI is InChI=1S/C18H32N2/c1-2-5-9-13-17(14-10-6-3-1)18-15-11-7-4-8-12-16-19-20-18/h13,19H,1-12,14-16H2/b17-13+,20-18-. The monoisotopic (exact) mass is 276 g/mol. The molecule has 0 bridgehead atoms. The number of nitrogens with zero attached hydrogens (tertiary/aromatic N) is 1. The summed E-state index contributed by atoms with van der Waals surface area (Å²) in [6.07, 6.45) is 21.3. The lowest BCUT2D eigenvalue weighted by Gasteiger charge is -2.15. The average Bonchev–Trinajstić information content (AvgIpc) is 2.50. The van der Waals surface area contributed by atoms with Gasteiger partial charge in [0, 0.05) is 6.54 Å². The van der Waals surface area contributed by atoms with Gasteiger partial charge in [-0.15, -0.1) is 0 Å². The third-order valence-corrected chi connectivity index (χ3v) is 4.58. The predicted octanol–water partition coefficient (Wildman–Crippen LogP) is 5.35. The van der Waals surface area contributed by atoms with E-state index >= 15 is 0 Å². The minimum absolute atomic E-state index is 1.05. The van der Waals surface area contributed by atoms with Gasteiger partial charge in [0.1, 0.15) is 0 Å². The van der Waals surface area contributed by atoms with E-state index in [-0.39, 0.29) is 0 Å². The summed E-state index contributed by atoms with van der Waals surface area (Å²) in [5.41, 5.74) is 6.24. The van der Waals surface area contributed by atoms with E-state index in [0.29, 0.717) is 0 Å². The molecule has 0 aromatic carbocycles. The third kappa shape index (κ3) is 6.11. The Morgan fingerprint density at radius 3 is 2.20 bits per heavy atom. The second-order valence-corrected chi connectivity index (χ2v) is 6.37. The number of rotatable bonds is 1. The summed E-state index contributed by atoms with van der Waals surface area (Å²) in [5.74, 6) is 0. The van der Waals surface area contributed by atoms with Crippen molar-refractivity contribution in [1.29, 1.82) is 0 Å².